The zero-order valence-electron chi connectivity index (χ0n) is 11.0. The van der Waals surface area contributed by atoms with Crippen LogP contribution in [-0.2, 0) is 5.54 Å². The van der Waals surface area contributed by atoms with E-state index in [1.807, 2.05) is 20.8 Å². The minimum Gasteiger partial charge on any atom is -0.337 e. The highest BCUT2D eigenvalue weighted by atomic mass is 79.9. The molecule has 1 aromatic heterocycles. The van der Waals surface area contributed by atoms with E-state index >= 15 is 0 Å². The normalized spacial score (nSPS) is 11.8. The molecule has 0 aliphatic heterocycles. The molecular formula is C13H15BrFN3O. The lowest BCUT2D eigenvalue weighted by Gasteiger charge is -2.20. The summed E-state index contributed by atoms with van der Waals surface area (Å²) in [6.07, 6.45) is 0. The third kappa shape index (κ3) is 3.01. The molecule has 0 saturated heterocycles. The summed E-state index contributed by atoms with van der Waals surface area (Å²) in [7, 11) is 0. The van der Waals surface area contributed by atoms with Gasteiger partial charge >= 0.3 is 0 Å². The van der Waals surface area contributed by atoms with Crippen LogP contribution in [0.4, 0.5) is 4.39 Å². The fraction of sp³-hybridized carbons (Fsp3) is 0.385. The van der Waals surface area contributed by atoms with Crippen LogP contribution in [0.25, 0.3) is 11.4 Å². The Morgan fingerprint density at radius 3 is 2.79 bits per heavy atom. The van der Waals surface area contributed by atoms with E-state index in [4.69, 9.17) is 4.52 Å². The van der Waals surface area contributed by atoms with Gasteiger partial charge in [-0.05, 0) is 54.5 Å². The molecule has 2 rings (SSSR count). The molecule has 0 saturated carbocycles. The minimum absolute atomic E-state index is 0.319. The maximum Gasteiger partial charge on any atom is 0.246 e. The number of benzene rings is 1. The summed E-state index contributed by atoms with van der Waals surface area (Å²) in [6, 6.07) is 4.62. The lowest BCUT2D eigenvalue weighted by Crippen LogP contribution is -2.36. The number of hydrogen-bond acceptors (Lipinski definition) is 4. The third-order valence-corrected chi connectivity index (χ3v) is 3.36. The first-order valence-electron chi connectivity index (χ1n) is 5.98. The molecule has 0 radical (unpaired) electrons. The minimum atomic E-state index is -0.392. The Hall–Kier alpha value is -1.27. The molecule has 0 amide bonds. The number of halogens is 2. The van der Waals surface area contributed by atoms with Gasteiger partial charge in [-0.3, -0.25) is 0 Å². The number of nitrogens with one attached hydrogen (secondary N) is 1. The fourth-order valence-electron chi connectivity index (χ4n) is 1.75. The van der Waals surface area contributed by atoms with Crippen LogP contribution in [0, 0.1) is 5.82 Å². The van der Waals surface area contributed by atoms with E-state index < -0.39 is 5.54 Å². The Bertz CT molecular complexity index is 583. The molecule has 1 N–H and O–H groups in total. The van der Waals surface area contributed by atoms with Crippen LogP contribution >= 0.6 is 15.9 Å². The quantitative estimate of drug-likeness (QED) is 0.933. The van der Waals surface area contributed by atoms with Crippen LogP contribution in [0.5, 0.6) is 0 Å². The van der Waals surface area contributed by atoms with Gasteiger partial charge in [0.1, 0.15) is 5.82 Å². The van der Waals surface area contributed by atoms with Gasteiger partial charge in [0.15, 0.2) is 0 Å². The van der Waals surface area contributed by atoms with Gasteiger partial charge < -0.3 is 9.84 Å². The molecule has 0 aliphatic carbocycles. The van der Waals surface area contributed by atoms with E-state index in [0.717, 1.165) is 6.54 Å². The number of rotatable bonds is 4. The average molecular weight is 328 g/mol. The largest absolute Gasteiger partial charge is 0.337 e. The Labute approximate surface area is 119 Å². The zero-order chi connectivity index (χ0) is 14.0. The van der Waals surface area contributed by atoms with Crippen molar-refractivity contribution in [3.8, 4) is 11.4 Å². The van der Waals surface area contributed by atoms with E-state index in [9.17, 15) is 4.39 Å². The van der Waals surface area contributed by atoms with Crippen molar-refractivity contribution < 1.29 is 8.91 Å². The second-order valence-electron chi connectivity index (χ2n) is 4.71. The van der Waals surface area contributed by atoms with Crippen molar-refractivity contribution in [1.29, 1.82) is 0 Å². The first kappa shape index (κ1) is 14.1. The van der Waals surface area contributed by atoms with Gasteiger partial charge in [0, 0.05) is 5.56 Å². The van der Waals surface area contributed by atoms with Gasteiger partial charge in [0.05, 0.1) is 10.0 Å². The van der Waals surface area contributed by atoms with E-state index in [-0.39, 0.29) is 5.82 Å². The number of aromatic nitrogens is 2. The van der Waals surface area contributed by atoms with Crippen LogP contribution in [0.2, 0.25) is 0 Å². The lowest BCUT2D eigenvalue weighted by molar-refractivity contribution is 0.272. The molecule has 4 nitrogen and oxygen atoms in total. The molecule has 19 heavy (non-hydrogen) atoms. The molecule has 0 fully saturated rings. The van der Waals surface area contributed by atoms with Crippen LogP contribution in [0.15, 0.2) is 27.2 Å². The first-order chi connectivity index (χ1) is 8.94. The highest BCUT2D eigenvalue weighted by Crippen LogP contribution is 2.25. The van der Waals surface area contributed by atoms with Crippen molar-refractivity contribution in [2.75, 3.05) is 6.54 Å². The Morgan fingerprint density at radius 2 is 2.16 bits per heavy atom. The Kier molecular flexibility index (Phi) is 4.01. The number of nitrogens with zero attached hydrogens (tertiary/aromatic N) is 2. The fourth-order valence-corrected chi connectivity index (χ4v) is 2.13. The summed E-state index contributed by atoms with van der Waals surface area (Å²) in [6.45, 7) is 6.74. The van der Waals surface area contributed by atoms with Crippen LogP contribution in [0.3, 0.4) is 0 Å². The topological polar surface area (TPSA) is 51.0 Å². The first-order valence-corrected chi connectivity index (χ1v) is 6.78. The molecular weight excluding hydrogens is 313 g/mol. The van der Waals surface area contributed by atoms with Gasteiger partial charge in [0.2, 0.25) is 11.7 Å². The monoisotopic (exact) mass is 327 g/mol. The van der Waals surface area contributed by atoms with Gasteiger partial charge in [0.25, 0.3) is 0 Å². The molecule has 0 aliphatic rings. The average Bonchev–Trinajstić information content (AvgIpc) is 2.83. The smallest absolute Gasteiger partial charge is 0.246 e. The highest BCUT2D eigenvalue weighted by Gasteiger charge is 2.26. The molecule has 1 aromatic carbocycles. The summed E-state index contributed by atoms with van der Waals surface area (Å²) in [5.41, 5.74) is 0.313. The molecule has 0 unspecified atom stereocenters. The van der Waals surface area contributed by atoms with Crippen molar-refractivity contribution >= 4 is 15.9 Å². The van der Waals surface area contributed by atoms with Crippen molar-refractivity contribution in [3.05, 3.63) is 34.4 Å². The number of hydrogen-bond donors (Lipinski definition) is 1. The molecule has 0 spiro atoms. The predicted molar refractivity (Wildman–Crippen MR) is 74.1 cm³/mol. The van der Waals surface area contributed by atoms with E-state index in [2.05, 4.69) is 31.4 Å². The second-order valence-corrected chi connectivity index (χ2v) is 5.56. The van der Waals surface area contributed by atoms with Gasteiger partial charge in [-0.2, -0.15) is 4.98 Å². The molecule has 102 valence electrons. The lowest BCUT2D eigenvalue weighted by atomic mass is 10.1. The summed E-state index contributed by atoms with van der Waals surface area (Å²) in [5.74, 6) is 0.631. The Balaban J connectivity index is 2.33. The molecule has 1 heterocycles. The van der Waals surface area contributed by atoms with Gasteiger partial charge in [-0.1, -0.05) is 12.1 Å². The van der Waals surface area contributed by atoms with E-state index in [1.165, 1.54) is 6.07 Å². The second kappa shape index (κ2) is 5.38. The van der Waals surface area contributed by atoms with Crippen molar-refractivity contribution in [2.24, 2.45) is 0 Å². The Morgan fingerprint density at radius 1 is 1.42 bits per heavy atom. The third-order valence-electron chi connectivity index (χ3n) is 2.76. The van der Waals surface area contributed by atoms with E-state index in [0.29, 0.717) is 21.8 Å². The molecule has 2 aromatic rings. The van der Waals surface area contributed by atoms with E-state index in [1.54, 1.807) is 12.1 Å². The summed E-state index contributed by atoms with van der Waals surface area (Å²) in [4.78, 5) is 4.36. The molecule has 0 bridgehead atoms. The summed E-state index contributed by atoms with van der Waals surface area (Å²) >= 11 is 3.14. The molecule has 6 heteroatoms. The van der Waals surface area contributed by atoms with Crippen LogP contribution in [0.1, 0.15) is 26.7 Å². The van der Waals surface area contributed by atoms with Crippen molar-refractivity contribution in [3.63, 3.8) is 0 Å². The maximum atomic E-state index is 13.2. The standard InChI is InChI=1S/C13H15BrFN3O/c1-4-16-13(2,3)12-17-11(18-19-12)8-5-6-10(15)9(14)7-8/h5-7,16H,4H2,1-3H3. The highest BCUT2D eigenvalue weighted by molar-refractivity contribution is 9.10. The zero-order valence-corrected chi connectivity index (χ0v) is 12.6. The van der Waals surface area contributed by atoms with Crippen molar-refractivity contribution in [2.45, 2.75) is 26.3 Å². The predicted octanol–water partition coefficient (Wildman–Crippen LogP) is 3.48. The maximum absolute atomic E-state index is 13.2. The van der Waals surface area contributed by atoms with Crippen LogP contribution in [-0.4, -0.2) is 16.7 Å². The van der Waals surface area contributed by atoms with Crippen molar-refractivity contribution in [1.82, 2.24) is 15.5 Å². The SMILES string of the molecule is CCNC(C)(C)c1nc(-c2ccc(F)c(Br)c2)no1. The summed E-state index contributed by atoms with van der Waals surface area (Å²) < 4.78 is 18.8. The molecule has 0 atom stereocenters. The van der Waals surface area contributed by atoms with Gasteiger partial charge in [-0.15, -0.1) is 0 Å². The van der Waals surface area contributed by atoms with Crippen LogP contribution < -0.4 is 5.32 Å². The summed E-state index contributed by atoms with van der Waals surface area (Å²) in [5, 5.41) is 7.19. The van der Waals surface area contributed by atoms with Gasteiger partial charge in [-0.25, -0.2) is 4.39 Å².